The second-order valence-corrected chi connectivity index (χ2v) is 14.9. The van der Waals surface area contributed by atoms with E-state index < -0.39 is 0 Å². The lowest BCUT2D eigenvalue weighted by Gasteiger charge is -2.26. The van der Waals surface area contributed by atoms with E-state index in [1.807, 2.05) is 0 Å². The fraction of sp³-hybridized carbons (Fsp3) is 0. The molecular formula is C56H38N2. The molecule has 0 saturated heterocycles. The third kappa shape index (κ3) is 5.57. The van der Waals surface area contributed by atoms with Crippen LogP contribution in [0.5, 0.6) is 0 Å². The quantitative estimate of drug-likeness (QED) is 0.148. The van der Waals surface area contributed by atoms with Gasteiger partial charge in [0.05, 0.1) is 16.7 Å². The third-order valence-electron chi connectivity index (χ3n) is 11.6. The van der Waals surface area contributed by atoms with Gasteiger partial charge >= 0.3 is 0 Å². The molecular weight excluding hydrogens is 701 g/mol. The highest BCUT2D eigenvalue weighted by Crippen LogP contribution is 2.45. The average molecular weight is 739 g/mol. The molecule has 1 heterocycles. The summed E-state index contributed by atoms with van der Waals surface area (Å²) in [6.07, 6.45) is 0. The van der Waals surface area contributed by atoms with Gasteiger partial charge in [-0.1, -0.05) is 176 Å². The molecule has 2 nitrogen and oxygen atoms in total. The van der Waals surface area contributed by atoms with E-state index in [0.717, 1.165) is 17.1 Å². The maximum atomic E-state index is 2.43. The zero-order valence-corrected chi connectivity index (χ0v) is 31.8. The summed E-state index contributed by atoms with van der Waals surface area (Å²) < 4.78 is 2.43. The molecule has 0 N–H and O–H groups in total. The molecule has 1 aromatic heterocycles. The van der Waals surface area contributed by atoms with Gasteiger partial charge in [-0.25, -0.2) is 0 Å². The molecule has 0 radical (unpaired) electrons. The van der Waals surface area contributed by atoms with E-state index in [1.54, 1.807) is 0 Å². The van der Waals surface area contributed by atoms with Gasteiger partial charge in [0.2, 0.25) is 0 Å². The fourth-order valence-electron chi connectivity index (χ4n) is 9.05. The number of hydrogen-bond acceptors (Lipinski definition) is 1. The summed E-state index contributed by atoms with van der Waals surface area (Å²) in [7, 11) is 0. The Morgan fingerprint density at radius 3 is 1.33 bits per heavy atom. The Hall–Kier alpha value is -7.68. The zero-order valence-electron chi connectivity index (χ0n) is 31.8. The van der Waals surface area contributed by atoms with Gasteiger partial charge in [0.1, 0.15) is 0 Å². The largest absolute Gasteiger partial charge is 0.310 e. The molecule has 2 heteroatoms. The summed E-state index contributed by atoms with van der Waals surface area (Å²) >= 11 is 0. The lowest BCUT2D eigenvalue weighted by Crippen LogP contribution is -2.09. The van der Waals surface area contributed by atoms with Crippen LogP contribution in [0.2, 0.25) is 0 Å². The lowest BCUT2D eigenvalue weighted by atomic mass is 9.86. The second kappa shape index (κ2) is 14.1. The summed E-state index contributed by atoms with van der Waals surface area (Å²) in [6, 6.07) is 83.5. The SMILES string of the molecule is c1ccc(-c2ccccc2-n2c3ccccc3c3cc(N(c4ccccc4)c4ccc(-c5c6ccccc6c(-c6ccccc6)c6ccccc56)cc4)ccc32)cc1. The fourth-order valence-corrected chi connectivity index (χ4v) is 9.05. The number of fused-ring (bicyclic) bond motifs is 5. The van der Waals surface area contributed by atoms with Crippen molar-refractivity contribution in [2.45, 2.75) is 0 Å². The van der Waals surface area contributed by atoms with E-state index >= 15 is 0 Å². The molecule has 0 fully saturated rings. The molecule has 272 valence electrons. The van der Waals surface area contributed by atoms with Gasteiger partial charge in [0.25, 0.3) is 0 Å². The Balaban J connectivity index is 1.07. The van der Waals surface area contributed by atoms with E-state index in [1.165, 1.54) is 82.4 Å². The molecule has 0 spiro atoms. The molecule has 11 aromatic rings. The third-order valence-corrected chi connectivity index (χ3v) is 11.6. The standard InChI is InChI=1S/C56H38N2/c1-4-18-39(19-5-1)45-24-14-16-30-52(45)58-53-31-17-15-25-46(53)51-38-44(36-37-54(51)58)57(42-22-8-3-9-23-42)43-34-32-41(33-35-43)56-49-28-12-10-26-47(49)55(40-20-6-2-7-21-40)48-27-11-13-29-50(48)56/h1-38H. The molecule has 10 aromatic carbocycles. The zero-order chi connectivity index (χ0) is 38.4. The minimum Gasteiger partial charge on any atom is -0.310 e. The van der Waals surface area contributed by atoms with Crippen LogP contribution in [0.3, 0.4) is 0 Å². The summed E-state index contributed by atoms with van der Waals surface area (Å²) in [5.41, 5.74) is 14.2. The molecule has 11 rings (SSSR count). The maximum absolute atomic E-state index is 2.43. The van der Waals surface area contributed by atoms with Crippen LogP contribution in [-0.4, -0.2) is 4.57 Å². The van der Waals surface area contributed by atoms with Crippen molar-refractivity contribution in [3.63, 3.8) is 0 Å². The molecule has 0 unspecified atom stereocenters. The van der Waals surface area contributed by atoms with Crippen LogP contribution in [0.25, 0.3) is 82.4 Å². The predicted octanol–water partition coefficient (Wildman–Crippen LogP) is 15.6. The number of anilines is 3. The number of nitrogens with zero attached hydrogens (tertiary/aromatic N) is 2. The molecule has 0 saturated carbocycles. The Morgan fingerprint density at radius 1 is 0.276 bits per heavy atom. The number of para-hydroxylation sites is 3. The van der Waals surface area contributed by atoms with Crippen molar-refractivity contribution in [2.24, 2.45) is 0 Å². The molecule has 0 aliphatic heterocycles. The number of aromatic nitrogens is 1. The Labute approximate surface area is 338 Å². The minimum absolute atomic E-state index is 1.10. The van der Waals surface area contributed by atoms with Crippen LogP contribution < -0.4 is 4.90 Å². The summed E-state index contributed by atoms with van der Waals surface area (Å²) in [5, 5.41) is 7.47. The highest BCUT2D eigenvalue weighted by molar-refractivity contribution is 6.21. The van der Waals surface area contributed by atoms with Crippen molar-refractivity contribution in [1.29, 1.82) is 0 Å². The number of rotatable bonds is 7. The first-order chi connectivity index (χ1) is 28.8. The van der Waals surface area contributed by atoms with Gasteiger partial charge in [-0.05, 0) is 104 Å². The minimum atomic E-state index is 1.10. The van der Waals surface area contributed by atoms with E-state index in [0.29, 0.717) is 0 Å². The van der Waals surface area contributed by atoms with E-state index in [2.05, 4.69) is 240 Å². The van der Waals surface area contributed by atoms with Gasteiger partial charge in [-0.3, -0.25) is 0 Å². The van der Waals surface area contributed by atoms with Crippen LogP contribution >= 0.6 is 0 Å². The second-order valence-electron chi connectivity index (χ2n) is 14.9. The number of hydrogen-bond donors (Lipinski definition) is 0. The highest BCUT2D eigenvalue weighted by atomic mass is 15.1. The van der Waals surface area contributed by atoms with Crippen molar-refractivity contribution in [2.75, 3.05) is 4.90 Å². The highest BCUT2D eigenvalue weighted by Gasteiger charge is 2.20. The molecule has 0 aliphatic carbocycles. The normalized spacial score (nSPS) is 11.4. The molecule has 0 aliphatic rings. The van der Waals surface area contributed by atoms with Crippen molar-refractivity contribution in [1.82, 2.24) is 4.57 Å². The molecule has 0 bridgehead atoms. The summed E-state index contributed by atoms with van der Waals surface area (Å²) in [5.74, 6) is 0. The number of benzene rings is 10. The first kappa shape index (κ1) is 33.6. The van der Waals surface area contributed by atoms with Crippen molar-refractivity contribution in [3.8, 4) is 39.1 Å². The van der Waals surface area contributed by atoms with Gasteiger partial charge in [-0.2, -0.15) is 0 Å². The summed E-state index contributed by atoms with van der Waals surface area (Å²) in [4.78, 5) is 2.38. The molecule has 0 amide bonds. The van der Waals surface area contributed by atoms with Crippen LogP contribution in [0.15, 0.2) is 231 Å². The molecule has 58 heavy (non-hydrogen) atoms. The molecule has 0 atom stereocenters. The van der Waals surface area contributed by atoms with Gasteiger partial charge < -0.3 is 9.47 Å². The van der Waals surface area contributed by atoms with Crippen molar-refractivity contribution >= 4 is 60.4 Å². The summed E-state index contributed by atoms with van der Waals surface area (Å²) in [6.45, 7) is 0. The lowest BCUT2D eigenvalue weighted by molar-refractivity contribution is 1.18. The van der Waals surface area contributed by atoms with E-state index in [-0.39, 0.29) is 0 Å². The van der Waals surface area contributed by atoms with Crippen molar-refractivity contribution in [3.05, 3.63) is 231 Å². The van der Waals surface area contributed by atoms with Gasteiger partial charge in [0.15, 0.2) is 0 Å². The Morgan fingerprint density at radius 2 is 0.707 bits per heavy atom. The van der Waals surface area contributed by atoms with Crippen LogP contribution in [0, 0.1) is 0 Å². The Kier molecular flexibility index (Phi) is 8.19. The first-order valence-electron chi connectivity index (χ1n) is 19.9. The van der Waals surface area contributed by atoms with Crippen LogP contribution in [-0.2, 0) is 0 Å². The van der Waals surface area contributed by atoms with Crippen LogP contribution in [0.1, 0.15) is 0 Å². The topological polar surface area (TPSA) is 8.17 Å². The van der Waals surface area contributed by atoms with Crippen molar-refractivity contribution < 1.29 is 0 Å². The Bertz CT molecular complexity index is 3200. The van der Waals surface area contributed by atoms with Gasteiger partial charge in [-0.15, -0.1) is 0 Å². The predicted molar refractivity (Wildman–Crippen MR) is 247 cm³/mol. The average Bonchev–Trinajstić information content (AvgIpc) is 3.63. The van der Waals surface area contributed by atoms with Crippen LogP contribution in [0.4, 0.5) is 17.1 Å². The van der Waals surface area contributed by atoms with Gasteiger partial charge in [0, 0.05) is 33.4 Å². The maximum Gasteiger partial charge on any atom is 0.0542 e. The first-order valence-corrected chi connectivity index (χ1v) is 19.9. The smallest absolute Gasteiger partial charge is 0.0542 e. The monoisotopic (exact) mass is 738 g/mol. The van der Waals surface area contributed by atoms with E-state index in [9.17, 15) is 0 Å². The van der Waals surface area contributed by atoms with E-state index in [4.69, 9.17) is 0 Å².